The maximum absolute atomic E-state index is 12.8. The summed E-state index contributed by atoms with van der Waals surface area (Å²) in [6.45, 7) is 3.80. The van der Waals surface area contributed by atoms with Crippen molar-refractivity contribution < 1.29 is 8.42 Å². The van der Waals surface area contributed by atoms with Gasteiger partial charge in [-0.05, 0) is 43.7 Å². The Morgan fingerprint density at radius 1 is 1.29 bits per heavy atom. The number of rotatable bonds is 4. The van der Waals surface area contributed by atoms with Crippen molar-refractivity contribution in [2.75, 3.05) is 16.6 Å². The minimum absolute atomic E-state index is 0.00549. The topological polar surface area (TPSA) is 76.3 Å². The Labute approximate surface area is 129 Å². The van der Waals surface area contributed by atoms with E-state index in [0.717, 1.165) is 5.56 Å². The van der Waals surface area contributed by atoms with Gasteiger partial charge in [0.1, 0.15) is 4.90 Å². The number of sulfonamides is 1. The van der Waals surface area contributed by atoms with Crippen LogP contribution >= 0.6 is 11.6 Å². The summed E-state index contributed by atoms with van der Waals surface area (Å²) in [5, 5.41) is 0.161. The largest absolute Gasteiger partial charge is 0.398 e. The number of benzene rings is 1. The van der Waals surface area contributed by atoms with Crippen molar-refractivity contribution in [1.82, 2.24) is 4.98 Å². The Morgan fingerprint density at radius 3 is 2.48 bits per heavy atom. The molecule has 1 aromatic carbocycles. The molecule has 0 saturated carbocycles. The summed E-state index contributed by atoms with van der Waals surface area (Å²) in [7, 11) is -3.78. The summed E-state index contributed by atoms with van der Waals surface area (Å²) in [5.41, 5.74) is 7.48. The fourth-order valence-corrected chi connectivity index (χ4v) is 4.06. The van der Waals surface area contributed by atoms with Gasteiger partial charge in [0, 0.05) is 24.6 Å². The fraction of sp³-hybridized carbons (Fsp3) is 0.214. The highest BCUT2D eigenvalue weighted by atomic mass is 35.5. The number of nitrogen functional groups attached to an aromatic ring is 1. The number of anilines is 2. The third-order valence-electron chi connectivity index (χ3n) is 3.13. The van der Waals surface area contributed by atoms with E-state index in [1.807, 2.05) is 0 Å². The molecule has 2 N–H and O–H groups in total. The van der Waals surface area contributed by atoms with E-state index in [-0.39, 0.29) is 16.5 Å². The summed E-state index contributed by atoms with van der Waals surface area (Å²) in [4.78, 5) is 3.90. The number of hydrogen-bond donors (Lipinski definition) is 1. The molecule has 0 unspecified atom stereocenters. The summed E-state index contributed by atoms with van der Waals surface area (Å²) in [5.74, 6) is 0. The Kier molecular flexibility index (Phi) is 4.39. The fourth-order valence-electron chi connectivity index (χ4n) is 1.99. The van der Waals surface area contributed by atoms with Crippen molar-refractivity contribution in [2.45, 2.75) is 18.7 Å². The van der Waals surface area contributed by atoms with Crippen LogP contribution in [0.1, 0.15) is 12.5 Å². The van der Waals surface area contributed by atoms with Gasteiger partial charge in [-0.1, -0.05) is 11.6 Å². The number of halogens is 1. The second-order valence-electron chi connectivity index (χ2n) is 4.51. The van der Waals surface area contributed by atoms with Crippen molar-refractivity contribution in [2.24, 2.45) is 0 Å². The van der Waals surface area contributed by atoms with Gasteiger partial charge in [-0.15, -0.1) is 0 Å². The molecule has 0 spiro atoms. The first-order valence-corrected chi connectivity index (χ1v) is 8.18. The normalized spacial score (nSPS) is 11.4. The van der Waals surface area contributed by atoms with Crippen LogP contribution in [0.3, 0.4) is 0 Å². The van der Waals surface area contributed by atoms with Gasteiger partial charge >= 0.3 is 0 Å². The maximum Gasteiger partial charge on any atom is 0.265 e. The average Bonchev–Trinajstić information content (AvgIpc) is 2.44. The number of aryl methyl sites for hydroxylation is 1. The van der Waals surface area contributed by atoms with Crippen molar-refractivity contribution in [3.8, 4) is 0 Å². The molecule has 0 aliphatic rings. The predicted octanol–water partition coefficient (Wildman–Crippen LogP) is 2.84. The first-order chi connectivity index (χ1) is 9.87. The molecule has 2 rings (SSSR count). The molecule has 0 aliphatic carbocycles. The number of nitrogens with zero attached hydrogens (tertiary/aromatic N) is 2. The number of hydrogen-bond acceptors (Lipinski definition) is 4. The van der Waals surface area contributed by atoms with Crippen LogP contribution in [-0.4, -0.2) is 19.9 Å². The van der Waals surface area contributed by atoms with Crippen LogP contribution in [0.2, 0.25) is 5.02 Å². The SMILES string of the molecule is CCN(c1ccncc1)S(=O)(=O)c1cc(N)c(C)cc1Cl. The van der Waals surface area contributed by atoms with Crippen molar-refractivity contribution in [3.63, 3.8) is 0 Å². The van der Waals surface area contributed by atoms with E-state index in [4.69, 9.17) is 17.3 Å². The van der Waals surface area contributed by atoms with Crippen molar-refractivity contribution in [1.29, 1.82) is 0 Å². The monoisotopic (exact) mass is 325 g/mol. The van der Waals surface area contributed by atoms with Crippen LogP contribution < -0.4 is 10.0 Å². The summed E-state index contributed by atoms with van der Waals surface area (Å²) in [6.07, 6.45) is 3.08. The molecular formula is C14H16ClN3O2S. The predicted molar refractivity (Wildman–Crippen MR) is 85.0 cm³/mol. The van der Waals surface area contributed by atoms with Gasteiger partial charge in [0.15, 0.2) is 0 Å². The molecule has 5 nitrogen and oxygen atoms in total. The Bertz CT molecular complexity index is 748. The molecule has 0 saturated heterocycles. The lowest BCUT2D eigenvalue weighted by Crippen LogP contribution is -2.31. The first kappa shape index (κ1) is 15.6. The third-order valence-corrected chi connectivity index (χ3v) is 5.49. The molecule has 0 aliphatic heterocycles. The van der Waals surface area contributed by atoms with Crippen LogP contribution in [-0.2, 0) is 10.0 Å². The highest BCUT2D eigenvalue weighted by Gasteiger charge is 2.26. The van der Waals surface area contributed by atoms with Gasteiger partial charge in [0.2, 0.25) is 0 Å². The summed E-state index contributed by atoms with van der Waals surface area (Å²) >= 11 is 6.10. The number of pyridine rings is 1. The summed E-state index contributed by atoms with van der Waals surface area (Å²) < 4.78 is 26.9. The van der Waals surface area contributed by atoms with Crippen LogP contribution in [0.5, 0.6) is 0 Å². The lowest BCUT2D eigenvalue weighted by Gasteiger charge is -2.23. The molecule has 0 bridgehead atoms. The molecule has 21 heavy (non-hydrogen) atoms. The third kappa shape index (κ3) is 2.96. The molecule has 7 heteroatoms. The standard InChI is InChI=1S/C14H16ClN3O2S/c1-3-18(11-4-6-17-7-5-11)21(19,20)14-9-13(16)10(2)8-12(14)15/h4-9H,3,16H2,1-2H3. The van der Waals surface area contributed by atoms with Crippen LogP contribution in [0, 0.1) is 6.92 Å². The van der Waals surface area contributed by atoms with E-state index in [2.05, 4.69) is 4.98 Å². The maximum atomic E-state index is 12.8. The molecule has 2 aromatic rings. The van der Waals surface area contributed by atoms with E-state index in [1.165, 1.54) is 10.4 Å². The number of aromatic nitrogens is 1. The molecule has 0 atom stereocenters. The zero-order chi connectivity index (χ0) is 15.6. The van der Waals surface area contributed by atoms with Crippen LogP contribution in [0.15, 0.2) is 41.6 Å². The smallest absolute Gasteiger partial charge is 0.265 e. The van der Waals surface area contributed by atoms with E-state index in [9.17, 15) is 8.42 Å². The van der Waals surface area contributed by atoms with Gasteiger partial charge in [0.05, 0.1) is 10.7 Å². The minimum atomic E-state index is -3.78. The highest BCUT2D eigenvalue weighted by Crippen LogP contribution is 2.31. The van der Waals surface area contributed by atoms with Gasteiger partial charge in [0.25, 0.3) is 10.0 Å². The lowest BCUT2D eigenvalue weighted by molar-refractivity contribution is 0.592. The van der Waals surface area contributed by atoms with Gasteiger partial charge in [-0.25, -0.2) is 8.42 Å². The molecule has 1 aromatic heterocycles. The van der Waals surface area contributed by atoms with Crippen LogP contribution in [0.4, 0.5) is 11.4 Å². The van der Waals surface area contributed by atoms with Gasteiger partial charge < -0.3 is 5.73 Å². The zero-order valence-corrected chi connectivity index (χ0v) is 13.3. The molecule has 1 heterocycles. The van der Waals surface area contributed by atoms with Crippen molar-refractivity contribution in [3.05, 3.63) is 47.2 Å². The summed E-state index contributed by atoms with van der Waals surface area (Å²) in [6, 6.07) is 6.22. The van der Waals surface area contributed by atoms with Crippen LogP contribution in [0.25, 0.3) is 0 Å². The molecular weight excluding hydrogens is 310 g/mol. The molecule has 0 amide bonds. The van der Waals surface area contributed by atoms with E-state index in [0.29, 0.717) is 11.4 Å². The van der Waals surface area contributed by atoms with Gasteiger partial charge in [-0.2, -0.15) is 0 Å². The highest BCUT2D eigenvalue weighted by molar-refractivity contribution is 7.93. The zero-order valence-electron chi connectivity index (χ0n) is 11.7. The molecule has 112 valence electrons. The van der Waals surface area contributed by atoms with E-state index >= 15 is 0 Å². The Balaban J connectivity index is 2.58. The Morgan fingerprint density at radius 2 is 1.90 bits per heavy atom. The minimum Gasteiger partial charge on any atom is -0.398 e. The second kappa shape index (κ2) is 5.91. The Hall–Kier alpha value is -1.79. The number of nitrogens with two attached hydrogens (primary N) is 1. The molecule has 0 fully saturated rings. The van der Waals surface area contributed by atoms with E-state index in [1.54, 1.807) is 44.4 Å². The average molecular weight is 326 g/mol. The van der Waals surface area contributed by atoms with E-state index < -0.39 is 10.0 Å². The lowest BCUT2D eigenvalue weighted by atomic mass is 10.2. The van der Waals surface area contributed by atoms with Crippen molar-refractivity contribution >= 4 is 33.0 Å². The van der Waals surface area contributed by atoms with Gasteiger partial charge in [-0.3, -0.25) is 9.29 Å². The first-order valence-electron chi connectivity index (χ1n) is 6.36. The second-order valence-corrected chi connectivity index (χ2v) is 6.75. The molecule has 0 radical (unpaired) electrons. The quantitative estimate of drug-likeness (QED) is 0.877.